The molecule has 4 aromatic rings. The van der Waals surface area contributed by atoms with E-state index in [1.807, 2.05) is 36.5 Å². The molecule has 0 bridgehead atoms. The third kappa shape index (κ3) is 3.09. The smallest absolute Gasteiger partial charge is 0.213 e. The minimum atomic E-state index is 0.561. The number of aromatic amines is 1. The van der Waals surface area contributed by atoms with E-state index in [0.717, 1.165) is 22.5 Å². The van der Waals surface area contributed by atoms with E-state index < -0.39 is 0 Å². The maximum Gasteiger partial charge on any atom is 0.213 e. The normalized spacial score (nSPS) is 10.8. The van der Waals surface area contributed by atoms with E-state index in [1.165, 1.54) is 0 Å². The molecule has 0 fully saturated rings. The summed E-state index contributed by atoms with van der Waals surface area (Å²) in [6.07, 6.45) is 5.44. The van der Waals surface area contributed by atoms with Crippen LogP contribution >= 0.6 is 0 Å². The molecule has 0 aliphatic carbocycles. The van der Waals surface area contributed by atoms with Crippen molar-refractivity contribution in [1.82, 2.24) is 35.2 Å². The van der Waals surface area contributed by atoms with Crippen molar-refractivity contribution >= 4 is 0 Å². The summed E-state index contributed by atoms with van der Waals surface area (Å²) in [5.74, 6) is 1.99. The zero-order chi connectivity index (χ0) is 17.1. The Bertz CT molecular complexity index is 978. The first-order valence-corrected chi connectivity index (χ1v) is 7.68. The number of imidazole rings is 1. The minimum absolute atomic E-state index is 0.561. The van der Waals surface area contributed by atoms with Crippen LogP contribution in [0.5, 0.6) is 5.88 Å². The Balaban J connectivity index is 1.64. The second kappa shape index (κ2) is 6.52. The highest BCUT2D eigenvalue weighted by Crippen LogP contribution is 2.22. The summed E-state index contributed by atoms with van der Waals surface area (Å²) in [4.78, 5) is 8.61. The molecule has 0 radical (unpaired) electrons. The van der Waals surface area contributed by atoms with Crippen LogP contribution in [0, 0.1) is 0 Å². The van der Waals surface area contributed by atoms with Gasteiger partial charge in [-0.3, -0.25) is 0 Å². The summed E-state index contributed by atoms with van der Waals surface area (Å²) in [5, 5.41) is 14.1. The molecule has 0 unspecified atom stereocenters. The van der Waals surface area contributed by atoms with E-state index in [4.69, 9.17) is 4.74 Å². The van der Waals surface area contributed by atoms with Crippen molar-refractivity contribution in [3.63, 3.8) is 0 Å². The minimum Gasteiger partial charge on any atom is -0.481 e. The van der Waals surface area contributed by atoms with Crippen LogP contribution in [0.4, 0.5) is 0 Å². The summed E-state index contributed by atoms with van der Waals surface area (Å²) >= 11 is 0. The highest BCUT2D eigenvalue weighted by molar-refractivity contribution is 5.57. The predicted molar refractivity (Wildman–Crippen MR) is 90.7 cm³/mol. The van der Waals surface area contributed by atoms with Crippen molar-refractivity contribution in [1.29, 1.82) is 0 Å². The van der Waals surface area contributed by atoms with E-state index >= 15 is 0 Å². The molecule has 1 aromatic carbocycles. The van der Waals surface area contributed by atoms with Gasteiger partial charge in [0.2, 0.25) is 11.7 Å². The van der Waals surface area contributed by atoms with Crippen molar-refractivity contribution in [3.8, 4) is 28.7 Å². The molecule has 8 nitrogen and oxygen atoms in total. The number of methoxy groups -OCH3 is 1. The first kappa shape index (κ1) is 15.0. The Morgan fingerprint density at radius 1 is 1.08 bits per heavy atom. The molecule has 3 heterocycles. The van der Waals surface area contributed by atoms with Gasteiger partial charge >= 0.3 is 0 Å². The second-order valence-electron chi connectivity index (χ2n) is 5.40. The molecular weight excluding hydrogens is 318 g/mol. The number of nitrogens with one attached hydrogen (secondary N) is 1. The summed E-state index contributed by atoms with van der Waals surface area (Å²) < 4.78 is 7.27. The zero-order valence-corrected chi connectivity index (χ0v) is 13.5. The largest absolute Gasteiger partial charge is 0.481 e. The van der Waals surface area contributed by atoms with Crippen molar-refractivity contribution in [3.05, 3.63) is 60.6 Å². The van der Waals surface area contributed by atoms with Crippen LogP contribution in [-0.2, 0) is 6.54 Å². The molecular formula is C17H15N7O. The number of benzene rings is 1. The lowest BCUT2D eigenvalue weighted by atomic mass is 10.1. The van der Waals surface area contributed by atoms with Gasteiger partial charge in [0.15, 0.2) is 0 Å². The maximum absolute atomic E-state index is 5.20. The van der Waals surface area contributed by atoms with Crippen LogP contribution < -0.4 is 4.74 Å². The Hall–Kier alpha value is -3.55. The van der Waals surface area contributed by atoms with Crippen LogP contribution in [-0.4, -0.2) is 42.3 Å². The number of nitrogens with zero attached hydrogens (tertiary/aromatic N) is 6. The van der Waals surface area contributed by atoms with E-state index in [-0.39, 0.29) is 0 Å². The fourth-order valence-electron chi connectivity index (χ4n) is 2.65. The highest BCUT2D eigenvalue weighted by Gasteiger charge is 2.09. The monoisotopic (exact) mass is 333 g/mol. The van der Waals surface area contributed by atoms with Crippen LogP contribution in [0.25, 0.3) is 22.8 Å². The molecule has 3 aromatic heterocycles. The van der Waals surface area contributed by atoms with Crippen molar-refractivity contribution in [2.75, 3.05) is 7.11 Å². The van der Waals surface area contributed by atoms with Gasteiger partial charge in [-0.2, -0.15) is 5.21 Å². The number of hydrogen-bond donors (Lipinski definition) is 1. The van der Waals surface area contributed by atoms with Gasteiger partial charge in [-0.05, 0) is 22.9 Å². The number of tetrazole rings is 1. The van der Waals surface area contributed by atoms with Crippen LogP contribution in [0.1, 0.15) is 5.56 Å². The van der Waals surface area contributed by atoms with Crippen LogP contribution in [0.15, 0.2) is 55.0 Å². The average molecular weight is 333 g/mol. The van der Waals surface area contributed by atoms with E-state index in [0.29, 0.717) is 18.2 Å². The van der Waals surface area contributed by atoms with Gasteiger partial charge < -0.3 is 9.30 Å². The average Bonchev–Trinajstić information content (AvgIpc) is 3.34. The SMILES string of the molecule is COc1cc(-c2nccn2Cc2cccc(-c3nn[nH]n3)c2)ccn1. The van der Waals surface area contributed by atoms with Gasteiger partial charge in [-0.25, -0.2) is 9.97 Å². The van der Waals surface area contributed by atoms with Gasteiger partial charge in [0.25, 0.3) is 0 Å². The van der Waals surface area contributed by atoms with Crippen LogP contribution in [0.2, 0.25) is 0 Å². The summed E-state index contributed by atoms with van der Waals surface area (Å²) in [5.41, 5.74) is 2.98. The summed E-state index contributed by atoms with van der Waals surface area (Å²) in [6.45, 7) is 0.672. The Kier molecular flexibility index (Phi) is 3.91. The maximum atomic E-state index is 5.20. The van der Waals surface area contributed by atoms with E-state index in [1.54, 1.807) is 19.5 Å². The van der Waals surface area contributed by atoms with Crippen molar-refractivity contribution < 1.29 is 4.74 Å². The van der Waals surface area contributed by atoms with E-state index in [2.05, 4.69) is 41.2 Å². The summed E-state index contributed by atoms with van der Waals surface area (Å²) in [6, 6.07) is 11.8. The molecule has 8 heteroatoms. The molecule has 0 saturated carbocycles. The van der Waals surface area contributed by atoms with Crippen molar-refractivity contribution in [2.24, 2.45) is 0 Å². The molecule has 0 saturated heterocycles. The first-order valence-electron chi connectivity index (χ1n) is 7.68. The standard InChI is InChI=1S/C17H15N7O/c1-25-15-10-14(5-6-18-15)17-19-7-8-24(17)11-12-3-2-4-13(9-12)16-20-22-23-21-16/h2-10H,11H2,1H3,(H,20,21,22,23). The molecule has 25 heavy (non-hydrogen) atoms. The van der Waals surface area contributed by atoms with Gasteiger partial charge in [0, 0.05) is 42.3 Å². The zero-order valence-electron chi connectivity index (χ0n) is 13.5. The number of rotatable bonds is 5. The molecule has 0 atom stereocenters. The van der Waals surface area contributed by atoms with Crippen LogP contribution in [0.3, 0.4) is 0 Å². The van der Waals surface area contributed by atoms with Crippen molar-refractivity contribution in [2.45, 2.75) is 6.54 Å². The molecule has 124 valence electrons. The summed E-state index contributed by atoms with van der Waals surface area (Å²) in [7, 11) is 1.60. The molecule has 0 amide bonds. The number of aromatic nitrogens is 7. The lowest BCUT2D eigenvalue weighted by Crippen LogP contribution is -2.02. The number of hydrogen-bond acceptors (Lipinski definition) is 6. The second-order valence-corrected chi connectivity index (χ2v) is 5.40. The number of ether oxygens (including phenoxy) is 1. The van der Waals surface area contributed by atoms with Gasteiger partial charge in [-0.15, -0.1) is 10.2 Å². The molecule has 0 aliphatic heterocycles. The molecule has 4 rings (SSSR count). The quantitative estimate of drug-likeness (QED) is 0.601. The predicted octanol–water partition coefficient (Wildman–Crippen LogP) is 2.18. The third-order valence-electron chi connectivity index (χ3n) is 3.80. The van der Waals surface area contributed by atoms with E-state index in [9.17, 15) is 0 Å². The fraction of sp³-hybridized carbons (Fsp3) is 0.118. The Morgan fingerprint density at radius 3 is 2.88 bits per heavy atom. The number of H-pyrrole nitrogens is 1. The Morgan fingerprint density at radius 2 is 2.04 bits per heavy atom. The number of pyridine rings is 1. The van der Waals surface area contributed by atoms with Gasteiger partial charge in [0.05, 0.1) is 7.11 Å². The molecule has 1 N–H and O–H groups in total. The topological polar surface area (TPSA) is 94.4 Å². The molecule has 0 aliphatic rings. The van der Waals surface area contributed by atoms with Gasteiger partial charge in [0.1, 0.15) is 5.82 Å². The van der Waals surface area contributed by atoms with Gasteiger partial charge in [-0.1, -0.05) is 18.2 Å². The lowest BCUT2D eigenvalue weighted by Gasteiger charge is -2.09. The first-order chi connectivity index (χ1) is 12.3. The fourth-order valence-corrected chi connectivity index (χ4v) is 2.65. The third-order valence-corrected chi connectivity index (χ3v) is 3.80. The lowest BCUT2D eigenvalue weighted by molar-refractivity contribution is 0.398. The molecule has 0 spiro atoms. The Labute approximate surface area is 143 Å². The highest BCUT2D eigenvalue weighted by atomic mass is 16.5.